The molecule has 1 aromatic heterocycles. The normalized spacial score (nSPS) is 11.7. The van der Waals surface area contributed by atoms with E-state index in [0.717, 1.165) is 5.56 Å². The summed E-state index contributed by atoms with van der Waals surface area (Å²) in [6.07, 6.45) is 5.63. The highest BCUT2D eigenvalue weighted by atomic mass is 16.5. The molecule has 5 heteroatoms. The van der Waals surface area contributed by atoms with Crippen LogP contribution in [0.1, 0.15) is 25.2 Å². The average molecular weight is 325 g/mol. The number of furan rings is 1. The lowest BCUT2D eigenvalue weighted by molar-refractivity contribution is -0.143. The summed E-state index contributed by atoms with van der Waals surface area (Å²) < 4.78 is 10.3. The minimum atomic E-state index is -0.622. The Labute approximate surface area is 140 Å². The van der Waals surface area contributed by atoms with Gasteiger partial charge in [0.2, 0.25) is 5.91 Å². The summed E-state index contributed by atoms with van der Waals surface area (Å²) >= 11 is 0. The molecule has 0 fully saturated rings. The molecule has 0 bridgehead atoms. The minimum Gasteiger partial charge on any atom is -0.465 e. The molecule has 0 unspecified atom stereocenters. The van der Waals surface area contributed by atoms with E-state index in [2.05, 4.69) is 5.32 Å². The number of ether oxygens (including phenoxy) is 1. The van der Waals surface area contributed by atoms with Crippen LogP contribution in [0.4, 0.5) is 0 Å². The maximum atomic E-state index is 12.1. The van der Waals surface area contributed by atoms with E-state index in [1.165, 1.54) is 18.4 Å². The molecule has 1 N–H and O–H groups in total. The summed E-state index contributed by atoms with van der Waals surface area (Å²) in [6.45, 7) is 3.47. The molecule has 1 aromatic carbocycles. The molecule has 0 aliphatic carbocycles. The molecule has 0 saturated carbocycles. The number of amides is 1. The molecule has 124 valence electrons. The van der Waals surface area contributed by atoms with Crippen LogP contribution in [0, 0.1) is 0 Å². The summed E-state index contributed by atoms with van der Waals surface area (Å²) in [5.41, 5.74) is 0.898. The van der Waals surface area contributed by atoms with Gasteiger partial charge in [-0.2, -0.15) is 0 Å². The number of carbonyl (C=O) groups is 2. The molecule has 0 atom stereocenters. The lowest BCUT2D eigenvalue weighted by Gasteiger charge is -2.11. The predicted octanol–water partition coefficient (Wildman–Crippen LogP) is 3.40. The molecular weight excluding hydrogens is 306 g/mol. The Morgan fingerprint density at radius 2 is 1.88 bits per heavy atom. The van der Waals surface area contributed by atoms with Crippen LogP contribution in [0.3, 0.4) is 0 Å². The number of hydrogen-bond donors (Lipinski definition) is 1. The Morgan fingerprint density at radius 1 is 1.12 bits per heavy atom. The number of hydrogen-bond acceptors (Lipinski definition) is 4. The van der Waals surface area contributed by atoms with Gasteiger partial charge in [-0.15, -0.1) is 0 Å². The Kier molecular flexibility index (Phi) is 6.14. The van der Waals surface area contributed by atoms with Crippen LogP contribution < -0.4 is 5.32 Å². The van der Waals surface area contributed by atoms with Gasteiger partial charge in [0, 0.05) is 12.2 Å². The third kappa shape index (κ3) is 5.61. The van der Waals surface area contributed by atoms with Gasteiger partial charge in [0.25, 0.3) is 0 Å². The summed E-state index contributed by atoms with van der Waals surface area (Å²) in [4.78, 5) is 24.2. The van der Waals surface area contributed by atoms with E-state index in [-0.39, 0.29) is 11.8 Å². The number of benzene rings is 1. The summed E-state index contributed by atoms with van der Waals surface area (Å²) in [5, 5.41) is 2.53. The molecule has 24 heavy (non-hydrogen) atoms. The Hall–Kier alpha value is -3.08. The van der Waals surface area contributed by atoms with Crippen LogP contribution in [-0.2, 0) is 14.3 Å². The zero-order valence-electron chi connectivity index (χ0n) is 13.6. The van der Waals surface area contributed by atoms with Crippen molar-refractivity contribution < 1.29 is 18.7 Å². The largest absolute Gasteiger partial charge is 0.465 e. The van der Waals surface area contributed by atoms with Gasteiger partial charge in [0.05, 0.1) is 12.4 Å². The molecule has 1 amide bonds. The highest BCUT2D eigenvalue weighted by molar-refractivity contribution is 6.01. The Bertz CT molecular complexity index is 728. The lowest BCUT2D eigenvalue weighted by atomic mass is 10.2. The predicted molar refractivity (Wildman–Crippen MR) is 91.5 cm³/mol. The van der Waals surface area contributed by atoms with Gasteiger partial charge < -0.3 is 14.5 Å². The van der Waals surface area contributed by atoms with Crippen LogP contribution >= 0.6 is 0 Å². The van der Waals surface area contributed by atoms with E-state index < -0.39 is 11.9 Å². The third-order valence-corrected chi connectivity index (χ3v) is 2.88. The van der Waals surface area contributed by atoms with Crippen molar-refractivity contribution in [2.75, 3.05) is 0 Å². The average Bonchev–Trinajstić information content (AvgIpc) is 3.06. The number of nitrogens with one attached hydrogen (secondary N) is 1. The van der Waals surface area contributed by atoms with Crippen molar-refractivity contribution in [2.24, 2.45) is 0 Å². The van der Waals surface area contributed by atoms with Crippen molar-refractivity contribution in [1.29, 1.82) is 0 Å². The van der Waals surface area contributed by atoms with Gasteiger partial charge in [0.15, 0.2) is 0 Å². The SMILES string of the molecule is CC(C)OC(=O)C(=Cc1ccco1)NC(=O)C=Cc1ccccc1. The number of carbonyl (C=O) groups excluding carboxylic acids is 2. The molecular formula is C19H19NO4. The zero-order chi connectivity index (χ0) is 17.4. The van der Waals surface area contributed by atoms with Crippen molar-refractivity contribution in [2.45, 2.75) is 20.0 Å². The van der Waals surface area contributed by atoms with E-state index in [1.54, 1.807) is 32.1 Å². The van der Waals surface area contributed by atoms with Crippen LogP contribution in [0.15, 0.2) is 64.9 Å². The molecule has 1 heterocycles. The molecule has 0 aliphatic heterocycles. The van der Waals surface area contributed by atoms with Crippen molar-refractivity contribution in [3.63, 3.8) is 0 Å². The van der Waals surface area contributed by atoms with E-state index in [9.17, 15) is 9.59 Å². The molecule has 0 spiro atoms. The van der Waals surface area contributed by atoms with Gasteiger partial charge in [-0.3, -0.25) is 4.79 Å². The Balaban J connectivity index is 2.11. The molecule has 0 aliphatic rings. The topological polar surface area (TPSA) is 68.5 Å². The van der Waals surface area contributed by atoms with Crippen LogP contribution in [0.25, 0.3) is 12.2 Å². The maximum Gasteiger partial charge on any atom is 0.355 e. The highest BCUT2D eigenvalue weighted by Gasteiger charge is 2.15. The van der Waals surface area contributed by atoms with E-state index >= 15 is 0 Å². The fourth-order valence-electron chi connectivity index (χ4n) is 1.85. The van der Waals surface area contributed by atoms with Crippen molar-refractivity contribution in [1.82, 2.24) is 5.32 Å². The van der Waals surface area contributed by atoms with E-state index in [1.807, 2.05) is 30.3 Å². The second kappa shape index (κ2) is 8.53. The van der Waals surface area contributed by atoms with Gasteiger partial charge in [0.1, 0.15) is 11.5 Å². The number of esters is 1. The third-order valence-electron chi connectivity index (χ3n) is 2.88. The van der Waals surface area contributed by atoms with Gasteiger partial charge in [-0.25, -0.2) is 4.79 Å². The van der Waals surface area contributed by atoms with Gasteiger partial charge in [-0.05, 0) is 37.6 Å². The maximum absolute atomic E-state index is 12.1. The standard InChI is InChI=1S/C19H19NO4/c1-14(2)24-19(22)17(13-16-9-6-12-23-16)20-18(21)11-10-15-7-4-3-5-8-15/h3-14H,1-2H3,(H,20,21). The molecule has 0 radical (unpaired) electrons. The quantitative estimate of drug-likeness (QED) is 0.653. The first kappa shape index (κ1) is 17.3. The molecule has 0 saturated heterocycles. The van der Waals surface area contributed by atoms with Crippen LogP contribution in [0.5, 0.6) is 0 Å². The van der Waals surface area contributed by atoms with E-state index in [0.29, 0.717) is 5.76 Å². The smallest absolute Gasteiger partial charge is 0.355 e. The van der Waals surface area contributed by atoms with Crippen LogP contribution in [-0.4, -0.2) is 18.0 Å². The fourth-order valence-corrected chi connectivity index (χ4v) is 1.85. The number of rotatable bonds is 6. The van der Waals surface area contributed by atoms with Crippen LogP contribution in [0.2, 0.25) is 0 Å². The zero-order valence-corrected chi connectivity index (χ0v) is 13.6. The summed E-state index contributed by atoms with van der Waals surface area (Å²) in [5.74, 6) is -0.613. The van der Waals surface area contributed by atoms with Gasteiger partial charge >= 0.3 is 5.97 Å². The highest BCUT2D eigenvalue weighted by Crippen LogP contribution is 2.09. The lowest BCUT2D eigenvalue weighted by Crippen LogP contribution is -2.28. The first-order valence-electron chi connectivity index (χ1n) is 7.55. The first-order valence-corrected chi connectivity index (χ1v) is 7.55. The fraction of sp³-hybridized carbons (Fsp3) is 0.158. The first-order chi connectivity index (χ1) is 11.5. The van der Waals surface area contributed by atoms with E-state index in [4.69, 9.17) is 9.15 Å². The van der Waals surface area contributed by atoms with Crippen molar-refractivity contribution >= 4 is 24.0 Å². The van der Waals surface area contributed by atoms with Crippen molar-refractivity contribution in [3.05, 3.63) is 71.8 Å². The monoisotopic (exact) mass is 325 g/mol. The second-order valence-corrected chi connectivity index (χ2v) is 5.26. The summed E-state index contributed by atoms with van der Waals surface area (Å²) in [6, 6.07) is 12.7. The summed E-state index contributed by atoms with van der Waals surface area (Å²) in [7, 11) is 0. The second-order valence-electron chi connectivity index (χ2n) is 5.26. The molecule has 5 nitrogen and oxygen atoms in total. The van der Waals surface area contributed by atoms with Crippen molar-refractivity contribution in [3.8, 4) is 0 Å². The Morgan fingerprint density at radius 3 is 2.50 bits per heavy atom. The molecule has 2 aromatic rings. The van der Waals surface area contributed by atoms with Gasteiger partial charge in [-0.1, -0.05) is 30.3 Å². The molecule has 2 rings (SSSR count). The minimum absolute atomic E-state index is 0.0151.